The molecule has 146 valence electrons. The van der Waals surface area contributed by atoms with Crippen LogP contribution in [0.4, 0.5) is 13.2 Å². The van der Waals surface area contributed by atoms with Crippen LogP contribution in [0, 0.1) is 0 Å². The molecule has 7 nitrogen and oxygen atoms in total. The van der Waals surface area contributed by atoms with Crippen molar-refractivity contribution in [3.05, 3.63) is 17.5 Å². The maximum Gasteiger partial charge on any atom is 0.404 e. The van der Waals surface area contributed by atoms with Crippen LogP contribution in [-0.4, -0.2) is 54.3 Å². The molecule has 1 saturated carbocycles. The highest BCUT2D eigenvalue weighted by Gasteiger charge is 2.42. The number of amides is 1. The van der Waals surface area contributed by atoms with Gasteiger partial charge in [-0.05, 0) is 32.6 Å². The smallest absolute Gasteiger partial charge is 0.360 e. The summed E-state index contributed by atoms with van der Waals surface area (Å²) >= 11 is 0. The fourth-order valence-corrected chi connectivity index (χ4v) is 4.80. The second kappa shape index (κ2) is 6.84. The average molecular weight is 395 g/mol. The van der Waals surface area contributed by atoms with E-state index in [2.05, 4.69) is 10.5 Å². The van der Waals surface area contributed by atoms with Gasteiger partial charge in [0, 0.05) is 30.6 Å². The number of hydrogen-bond donors (Lipinski definition) is 1. The number of piperidine rings is 1. The number of alkyl halides is 3. The van der Waals surface area contributed by atoms with Gasteiger partial charge in [-0.3, -0.25) is 4.79 Å². The SMILES string of the molecule is C[C@H]1C[C@@H](NC(=O)c2cc(C3CC3)on2)CCN1S(=O)(=O)CC(F)(F)F. The van der Waals surface area contributed by atoms with Crippen molar-refractivity contribution in [2.24, 2.45) is 0 Å². The molecule has 2 atom stereocenters. The maximum atomic E-state index is 12.5. The van der Waals surface area contributed by atoms with Gasteiger partial charge in [0.05, 0.1) is 0 Å². The van der Waals surface area contributed by atoms with Crippen LogP contribution in [0.2, 0.25) is 0 Å². The Kier molecular flexibility index (Phi) is 5.04. The zero-order valence-electron chi connectivity index (χ0n) is 14.1. The van der Waals surface area contributed by atoms with Gasteiger partial charge >= 0.3 is 6.18 Å². The van der Waals surface area contributed by atoms with E-state index in [9.17, 15) is 26.4 Å². The minimum Gasteiger partial charge on any atom is -0.360 e. The normalized spacial score (nSPS) is 25.2. The van der Waals surface area contributed by atoms with Gasteiger partial charge in [0.1, 0.15) is 5.76 Å². The van der Waals surface area contributed by atoms with Gasteiger partial charge in [-0.2, -0.15) is 17.5 Å². The van der Waals surface area contributed by atoms with Crippen molar-refractivity contribution in [3.63, 3.8) is 0 Å². The second-order valence-electron chi connectivity index (χ2n) is 6.91. The summed E-state index contributed by atoms with van der Waals surface area (Å²) in [4.78, 5) is 12.2. The first-order valence-electron chi connectivity index (χ1n) is 8.39. The Hall–Kier alpha value is -1.62. The van der Waals surface area contributed by atoms with E-state index in [0.717, 1.165) is 17.1 Å². The Bertz CT molecular complexity index is 773. The number of sulfonamides is 1. The molecule has 3 rings (SSSR count). The van der Waals surface area contributed by atoms with E-state index in [1.807, 2.05) is 0 Å². The van der Waals surface area contributed by atoms with E-state index in [1.165, 1.54) is 6.92 Å². The van der Waals surface area contributed by atoms with Crippen LogP contribution in [0.25, 0.3) is 0 Å². The van der Waals surface area contributed by atoms with Crippen LogP contribution in [-0.2, 0) is 10.0 Å². The first kappa shape index (κ1) is 19.2. The zero-order chi connectivity index (χ0) is 19.1. The number of rotatable bonds is 5. The lowest BCUT2D eigenvalue weighted by Gasteiger charge is -2.37. The van der Waals surface area contributed by atoms with Crippen LogP contribution in [0.1, 0.15) is 54.8 Å². The monoisotopic (exact) mass is 395 g/mol. The van der Waals surface area contributed by atoms with Gasteiger partial charge in [-0.1, -0.05) is 5.16 Å². The molecule has 2 heterocycles. The Morgan fingerprint density at radius 3 is 2.65 bits per heavy atom. The molecule has 2 fully saturated rings. The molecule has 1 aromatic heterocycles. The van der Waals surface area contributed by atoms with Crippen molar-refractivity contribution in [1.82, 2.24) is 14.8 Å². The minimum atomic E-state index is -4.78. The van der Waals surface area contributed by atoms with Crippen LogP contribution in [0.3, 0.4) is 0 Å². The van der Waals surface area contributed by atoms with E-state index in [1.54, 1.807) is 6.07 Å². The van der Waals surface area contributed by atoms with E-state index >= 15 is 0 Å². The molecule has 0 spiro atoms. The van der Waals surface area contributed by atoms with E-state index in [-0.39, 0.29) is 31.1 Å². The fraction of sp³-hybridized carbons (Fsp3) is 0.733. The number of nitrogens with one attached hydrogen (secondary N) is 1. The van der Waals surface area contributed by atoms with Crippen molar-refractivity contribution in [3.8, 4) is 0 Å². The minimum absolute atomic E-state index is 0.0728. The van der Waals surface area contributed by atoms with Gasteiger partial charge in [0.15, 0.2) is 11.4 Å². The predicted molar refractivity (Wildman–Crippen MR) is 85.0 cm³/mol. The average Bonchev–Trinajstić information content (AvgIpc) is 3.21. The molecule has 0 radical (unpaired) electrons. The Balaban J connectivity index is 1.57. The number of carbonyl (C=O) groups is 1. The number of aromatic nitrogens is 1. The van der Waals surface area contributed by atoms with Crippen molar-refractivity contribution in [2.45, 2.75) is 56.8 Å². The van der Waals surface area contributed by atoms with Crippen LogP contribution in [0.5, 0.6) is 0 Å². The molecule has 1 N–H and O–H groups in total. The first-order chi connectivity index (χ1) is 12.0. The van der Waals surface area contributed by atoms with Gasteiger partial charge in [-0.25, -0.2) is 8.42 Å². The number of nitrogens with zero attached hydrogens (tertiary/aromatic N) is 2. The summed E-state index contributed by atoms with van der Waals surface area (Å²) < 4.78 is 67.2. The zero-order valence-corrected chi connectivity index (χ0v) is 14.9. The standard InChI is InChI=1S/C15H20F3N3O4S/c1-9-6-11(4-5-21(9)26(23,24)8-15(16,17)18)19-14(22)12-7-13(25-20-12)10-2-3-10/h7,9-11H,2-6,8H2,1H3,(H,19,22)/t9-,11-/m0/s1. The molecule has 0 bridgehead atoms. The third-order valence-corrected chi connectivity index (χ3v) is 6.54. The predicted octanol–water partition coefficient (Wildman–Crippen LogP) is 2.03. The molecule has 1 saturated heterocycles. The summed E-state index contributed by atoms with van der Waals surface area (Å²) in [5.41, 5.74) is 0.159. The third kappa shape index (κ3) is 4.56. The number of hydrogen-bond acceptors (Lipinski definition) is 5. The van der Waals surface area contributed by atoms with Crippen LogP contribution in [0.15, 0.2) is 10.6 Å². The molecule has 1 aliphatic heterocycles. The van der Waals surface area contributed by atoms with E-state index in [4.69, 9.17) is 4.52 Å². The number of carbonyl (C=O) groups excluding carboxylic acids is 1. The Morgan fingerprint density at radius 1 is 1.38 bits per heavy atom. The highest BCUT2D eigenvalue weighted by atomic mass is 32.2. The van der Waals surface area contributed by atoms with Crippen LogP contribution >= 0.6 is 0 Å². The van der Waals surface area contributed by atoms with Crippen LogP contribution < -0.4 is 5.32 Å². The van der Waals surface area contributed by atoms with Crippen molar-refractivity contribution >= 4 is 15.9 Å². The molecular weight excluding hydrogens is 375 g/mol. The van der Waals surface area contributed by atoms with Gasteiger partial charge < -0.3 is 9.84 Å². The summed E-state index contributed by atoms with van der Waals surface area (Å²) in [6.45, 7) is 1.46. The highest BCUT2D eigenvalue weighted by molar-refractivity contribution is 7.89. The fourth-order valence-electron chi connectivity index (χ4n) is 3.20. The van der Waals surface area contributed by atoms with Crippen molar-refractivity contribution in [2.75, 3.05) is 12.3 Å². The van der Waals surface area contributed by atoms with E-state index in [0.29, 0.717) is 11.7 Å². The molecule has 11 heteroatoms. The topological polar surface area (TPSA) is 92.5 Å². The summed E-state index contributed by atoms with van der Waals surface area (Å²) in [5, 5.41) is 6.49. The molecule has 0 unspecified atom stereocenters. The second-order valence-corrected chi connectivity index (χ2v) is 8.84. The number of halogens is 3. The van der Waals surface area contributed by atoms with E-state index < -0.39 is 33.9 Å². The lowest BCUT2D eigenvalue weighted by Crippen LogP contribution is -2.52. The molecule has 1 aliphatic carbocycles. The molecule has 2 aliphatic rings. The molecule has 26 heavy (non-hydrogen) atoms. The van der Waals surface area contributed by atoms with Gasteiger partial charge in [0.25, 0.3) is 5.91 Å². The highest BCUT2D eigenvalue weighted by Crippen LogP contribution is 2.40. The lowest BCUT2D eigenvalue weighted by molar-refractivity contribution is -0.107. The summed E-state index contributed by atoms with van der Waals surface area (Å²) in [6.07, 6.45) is -2.29. The summed E-state index contributed by atoms with van der Waals surface area (Å²) in [7, 11) is -4.43. The molecule has 1 aromatic rings. The first-order valence-corrected chi connectivity index (χ1v) is 10.00. The summed E-state index contributed by atoms with van der Waals surface area (Å²) in [6, 6.07) is 0.621. The van der Waals surface area contributed by atoms with Gasteiger partial charge in [-0.15, -0.1) is 0 Å². The lowest BCUT2D eigenvalue weighted by atomic mass is 10.0. The molecule has 1 amide bonds. The molecule has 0 aromatic carbocycles. The summed E-state index contributed by atoms with van der Waals surface area (Å²) in [5.74, 6) is -1.29. The quantitative estimate of drug-likeness (QED) is 0.824. The largest absolute Gasteiger partial charge is 0.404 e. The Labute approximate surface area is 148 Å². The van der Waals surface area contributed by atoms with Crippen molar-refractivity contribution in [1.29, 1.82) is 0 Å². The molecular formula is C15H20F3N3O4S. The maximum absolute atomic E-state index is 12.5. The third-order valence-electron chi connectivity index (χ3n) is 4.59. The Morgan fingerprint density at radius 2 is 2.08 bits per heavy atom. The van der Waals surface area contributed by atoms with Crippen molar-refractivity contribution < 1.29 is 30.9 Å². The van der Waals surface area contributed by atoms with Gasteiger partial charge in [0.2, 0.25) is 10.0 Å².